The third-order valence-electron chi connectivity index (χ3n) is 4.67. The van der Waals surface area contributed by atoms with Crippen molar-refractivity contribution >= 4 is 10.0 Å². The molecule has 0 saturated heterocycles. The lowest BCUT2D eigenvalue weighted by Crippen LogP contribution is -2.38. The zero-order valence-electron chi connectivity index (χ0n) is 12.5. The van der Waals surface area contributed by atoms with Crippen LogP contribution >= 0.6 is 0 Å². The lowest BCUT2D eigenvalue weighted by atomic mass is 9.96. The molecular weight excluding hydrogens is 288 g/mol. The Labute approximate surface area is 126 Å². The van der Waals surface area contributed by atoms with E-state index in [1.165, 1.54) is 12.8 Å². The Morgan fingerprint density at radius 2 is 2.14 bits per heavy atom. The van der Waals surface area contributed by atoms with E-state index in [0.29, 0.717) is 24.1 Å². The Bertz CT molecular complexity index is 581. The molecule has 2 bridgehead atoms. The Kier molecular flexibility index (Phi) is 4.38. The van der Waals surface area contributed by atoms with E-state index in [1.54, 1.807) is 12.1 Å². The highest BCUT2D eigenvalue weighted by Gasteiger charge is 2.41. The molecule has 0 aromatic carbocycles. The molecular formula is C15H24N2O3S. The van der Waals surface area contributed by atoms with Crippen molar-refractivity contribution in [2.75, 3.05) is 6.54 Å². The fourth-order valence-corrected chi connectivity index (χ4v) is 4.90. The predicted octanol–water partition coefficient (Wildman–Crippen LogP) is 2.25. The van der Waals surface area contributed by atoms with E-state index in [4.69, 9.17) is 4.42 Å². The smallest absolute Gasteiger partial charge is 0.274 e. The van der Waals surface area contributed by atoms with E-state index >= 15 is 0 Å². The summed E-state index contributed by atoms with van der Waals surface area (Å²) in [5, 5.41) is 3.24. The fourth-order valence-electron chi connectivity index (χ4n) is 3.63. The summed E-state index contributed by atoms with van der Waals surface area (Å²) in [6.07, 6.45) is 5.61. The summed E-state index contributed by atoms with van der Waals surface area (Å²) in [7, 11) is -3.52. The van der Waals surface area contributed by atoms with E-state index in [-0.39, 0.29) is 11.1 Å². The molecule has 0 radical (unpaired) electrons. The third kappa shape index (κ3) is 3.33. The van der Waals surface area contributed by atoms with Crippen LogP contribution in [0.1, 0.15) is 44.8 Å². The van der Waals surface area contributed by atoms with Gasteiger partial charge in [-0.25, -0.2) is 13.1 Å². The standard InChI is InChI=1S/C15H24N2O3S/c1-2-7-16-10-13-5-6-15(20-13)21(18,19)17-14-9-11-3-4-12(14)8-11/h5-6,11-12,14,16-17H,2-4,7-10H2,1H3. The van der Waals surface area contributed by atoms with Crippen LogP contribution in [0.3, 0.4) is 0 Å². The lowest BCUT2D eigenvalue weighted by Gasteiger charge is -2.21. The molecule has 2 aliphatic rings. The SMILES string of the molecule is CCCNCc1ccc(S(=O)(=O)NC2CC3CCC2C3)o1. The van der Waals surface area contributed by atoms with E-state index in [1.807, 2.05) is 0 Å². The van der Waals surface area contributed by atoms with Gasteiger partial charge in [0.05, 0.1) is 6.54 Å². The monoisotopic (exact) mass is 312 g/mol. The second kappa shape index (κ2) is 6.10. The molecule has 1 aromatic heterocycles. The zero-order chi connectivity index (χ0) is 14.9. The molecule has 1 aromatic rings. The molecule has 1 heterocycles. The molecule has 2 N–H and O–H groups in total. The highest BCUT2D eigenvalue weighted by atomic mass is 32.2. The van der Waals surface area contributed by atoms with Gasteiger partial charge in [-0.3, -0.25) is 0 Å². The van der Waals surface area contributed by atoms with Gasteiger partial charge < -0.3 is 9.73 Å². The second-order valence-corrected chi connectivity index (χ2v) is 7.95. The highest BCUT2D eigenvalue weighted by molar-refractivity contribution is 7.89. The fraction of sp³-hybridized carbons (Fsp3) is 0.733. The number of nitrogens with one attached hydrogen (secondary N) is 2. The van der Waals surface area contributed by atoms with Gasteiger partial charge in [-0.2, -0.15) is 0 Å². The molecule has 2 fully saturated rings. The Hall–Kier alpha value is -0.850. The number of rotatable bonds is 7. The van der Waals surface area contributed by atoms with E-state index in [2.05, 4.69) is 17.0 Å². The van der Waals surface area contributed by atoms with Gasteiger partial charge in [-0.1, -0.05) is 13.3 Å². The largest absolute Gasteiger partial charge is 0.447 e. The molecule has 2 aliphatic carbocycles. The summed E-state index contributed by atoms with van der Waals surface area (Å²) in [5.41, 5.74) is 0. The molecule has 118 valence electrons. The first kappa shape index (κ1) is 15.1. The summed E-state index contributed by atoms with van der Waals surface area (Å²) < 4.78 is 33.1. The maximum absolute atomic E-state index is 12.4. The number of furan rings is 1. The summed E-state index contributed by atoms with van der Waals surface area (Å²) >= 11 is 0. The molecule has 0 amide bonds. The molecule has 0 spiro atoms. The molecule has 3 rings (SSSR count). The van der Waals surface area contributed by atoms with Gasteiger partial charge >= 0.3 is 0 Å². The second-order valence-electron chi connectivity index (χ2n) is 6.30. The van der Waals surface area contributed by atoms with Crippen LogP contribution in [0.5, 0.6) is 0 Å². The zero-order valence-corrected chi connectivity index (χ0v) is 13.3. The maximum atomic E-state index is 12.4. The van der Waals surface area contributed by atoms with E-state index in [9.17, 15) is 8.42 Å². The van der Waals surface area contributed by atoms with Crippen molar-refractivity contribution in [2.45, 2.75) is 56.7 Å². The molecule has 3 unspecified atom stereocenters. The molecule has 21 heavy (non-hydrogen) atoms. The molecule has 0 aliphatic heterocycles. The average Bonchev–Trinajstić information content (AvgIpc) is 3.13. The van der Waals surface area contributed by atoms with Crippen molar-refractivity contribution in [2.24, 2.45) is 11.8 Å². The van der Waals surface area contributed by atoms with Crippen LogP contribution in [-0.4, -0.2) is 21.0 Å². The number of hydrogen-bond donors (Lipinski definition) is 2. The number of hydrogen-bond acceptors (Lipinski definition) is 4. The van der Waals surface area contributed by atoms with Crippen LogP contribution in [0, 0.1) is 11.8 Å². The quantitative estimate of drug-likeness (QED) is 0.758. The molecule has 5 nitrogen and oxygen atoms in total. The Morgan fingerprint density at radius 3 is 2.81 bits per heavy atom. The van der Waals surface area contributed by atoms with Crippen LogP contribution in [0.25, 0.3) is 0 Å². The number of fused-ring (bicyclic) bond motifs is 2. The first-order valence-corrected chi connectivity index (χ1v) is 9.38. The van der Waals surface area contributed by atoms with Gasteiger partial charge in [0.15, 0.2) is 0 Å². The molecule has 3 atom stereocenters. The van der Waals surface area contributed by atoms with Gasteiger partial charge in [-0.15, -0.1) is 0 Å². The minimum Gasteiger partial charge on any atom is -0.447 e. The van der Waals surface area contributed by atoms with Gasteiger partial charge in [-0.05, 0) is 56.2 Å². The third-order valence-corrected chi connectivity index (χ3v) is 6.03. The van der Waals surface area contributed by atoms with Crippen LogP contribution in [-0.2, 0) is 16.6 Å². The van der Waals surface area contributed by atoms with Crippen LogP contribution < -0.4 is 10.0 Å². The summed E-state index contributed by atoms with van der Waals surface area (Å²) in [6.45, 7) is 3.55. The lowest BCUT2D eigenvalue weighted by molar-refractivity contribution is 0.372. The van der Waals surface area contributed by atoms with Gasteiger partial charge in [0, 0.05) is 6.04 Å². The van der Waals surface area contributed by atoms with Crippen LogP contribution in [0.2, 0.25) is 0 Å². The highest BCUT2D eigenvalue weighted by Crippen LogP contribution is 2.44. The summed E-state index contributed by atoms with van der Waals surface area (Å²) in [5.74, 6) is 1.90. The Morgan fingerprint density at radius 1 is 1.29 bits per heavy atom. The average molecular weight is 312 g/mol. The maximum Gasteiger partial charge on any atom is 0.274 e. The van der Waals surface area contributed by atoms with Crippen molar-refractivity contribution in [1.29, 1.82) is 0 Å². The molecule has 2 saturated carbocycles. The van der Waals surface area contributed by atoms with Crippen molar-refractivity contribution in [1.82, 2.24) is 10.0 Å². The molecule has 6 heteroatoms. The van der Waals surface area contributed by atoms with Crippen LogP contribution in [0.4, 0.5) is 0 Å². The van der Waals surface area contributed by atoms with Gasteiger partial charge in [0.2, 0.25) is 5.09 Å². The summed E-state index contributed by atoms with van der Waals surface area (Å²) in [6, 6.07) is 3.39. The topological polar surface area (TPSA) is 71.3 Å². The normalized spacial score (nSPS) is 28.3. The van der Waals surface area contributed by atoms with Crippen molar-refractivity contribution in [3.8, 4) is 0 Å². The minimum atomic E-state index is -3.52. The van der Waals surface area contributed by atoms with Crippen molar-refractivity contribution in [3.63, 3.8) is 0 Å². The van der Waals surface area contributed by atoms with E-state index < -0.39 is 10.0 Å². The van der Waals surface area contributed by atoms with Gasteiger partial charge in [0.1, 0.15) is 5.76 Å². The minimum absolute atomic E-state index is 0.0403. The van der Waals surface area contributed by atoms with Crippen LogP contribution in [0.15, 0.2) is 21.6 Å². The van der Waals surface area contributed by atoms with Crippen molar-refractivity contribution < 1.29 is 12.8 Å². The summed E-state index contributed by atoms with van der Waals surface area (Å²) in [4.78, 5) is 0. The van der Waals surface area contributed by atoms with Gasteiger partial charge in [0.25, 0.3) is 10.0 Å². The first-order chi connectivity index (χ1) is 10.1. The van der Waals surface area contributed by atoms with E-state index in [0.717, 1.165) is 25.8 Å². The number of sulfonamides is 1. The Balaban J connectivity index is 1.62. The van der Waals surface area contributed by atoms with Crippen molar-refractivity contribution in [3.05, 3.63) is 17.9 Å². The predicted molar refractivity (Wildman–Crippen MR) is 80.3 cm³/mol. The first-order valence-electron chi connectivity index (χ1n) is 7.90.